The fraction of sp³-hybridized carbons (Fsp3) is 0. The van der Waals surface area contributed by atoms with Gasteiger partial charge in [-0.3, -0.25) is 4.98 Å². The van der Waals surface area contributed by atoms with Gasteiger partial charge in [-0.05, 0) is 83.9 Å². The standard InChI is InChI=1S/C53H33N3O/c1-3-16-35(17-4-1)55-45-26-10-7-20-37(45)42-32-34(29-30-47(42)55)50-51(44-25-13-14-31-54-44)43(40-24-15-23-39-38-21-9-12-28-49(38)57-53(39)40)33-48-52(50)41-22-8-11-27-46(41)56(48)36-18-5-2-6-19-36/h1-33H. The summed E-state index contributed by atoms with van der Waals surface area (Å²) in [5.74, 6) is 0. The first-order valence-electron chi connectivity index (χ1n) is 19.4. The lowest BCUT2D eigenvalue weighted by atomic mass is 9.85. The average Bonchev–Trinajstić information content (AvgIpc) is 3.94. The van der Waals surface area contributed by atoms with Crippen LogP contribution in [0.15, 0.2) is 205 Å². The molecule has 0 aliphatic carbocycles. The van der Waals surface area contributed by atoms with Gasteiger partial charge in [-0.1, -0.05) is 121 Å². The van der Waals surface area contributed by atoms with Gasteiger partial charge in [0.2, 0.25) is 0 Å². The molecule has 0 N–H and O–H groups in total. The van der Waals surface area contributed by atoms with Crippen LogP contribution in [0.25, 0.3) is 110 Å². The smallest absolute Gasteiger partial charge is 0.143 e. The Balaban J connectivity index is 1.29. The van der Waals surface area contributed by atoms with E-state index in [9.17, 15) is 0 Å². The van der Waals surface area contributed by atoms with Crippen LogP contribution in [0.3, 0.4) is 0 Å². The molecule has 0 radical (unpaired) electrons. The first kappa shape index (κ1) is 31.6. The molecule has 0 amide bonds. The zero-order chi connectivity index (χ0) is 37.5. The second-order valence-electron chi connectivity index (χ2n) is 14.7. The first-order chi connectivity index (χ1) is 28.3. The van der Waals surface area contributed by atoms with Gasteiger partial charge < -0.3 is 13.6 Å². The highest BCUT2D eigenvalue weighted by Gasteiger charge is 2.27. The van der Waals surface area contributed by atoms with E-state index < -0.39 is 0 Å². The SMILES string of the molecule is c1ccc(-n2c3ccccc3c3cc(-c4c(-c5ccccn5)c(-c5cccc6c5oc5ccccc56)cc5c4c4ccccc4n5-c4ccccc4)ccc32)cc1. The van der Waals surface area contributed by atoms with Gasteiger partial charge in [0.1, 0.15) is 11.2 Å². The Morgan fingerprint density at radius 2 is 1.00 bits per heavy atom. The molecule has 0 saturated heterocycles. The van der Waals surface area contributed by atoms with Crippen LogP contribution in [-0.4, -0.2) is 14.1 Å². The third-order valence-electron chi connectivity index (χ3n) is 11.6. The number of rotatable bonds is 5. The van der Waals surface area contributed by atoms with Crippen LogP contribution < -0.4 is 0 Å². The summed E-state index contributed by atoms with van der Waals surface area (Å²) in [4.78, 5) is 5.11. The Morgan fingerprint density at radius 1 is 0.386 bits per heavy atom. The number of hydrogen-bond acceptors (Lipinski definition) is 2. The average molecular weight is 728 g/mol. The van der Waals surface area contributed by atoms with E-state index in [0.717, 1.165) is 83.4 Å². The first-order valence-corrected chi connectivity index (χ1v) is 19.4. The van der Waals surface area contributed by atoms with Crippen molar-refractivity contribution < 1.29 is 4.42 Å². The van der Waals surface area contributed by atoms with E-state index in [1.807, 2.05) is 18.3 Å². The van der Waals surface area contributed by atoms with Crippen molar-refractivity contribution in [3.63, 3.8) is 0 Å². The second-order valence-corrected chi connectivity index (χ2v) is 14.7. The van der Waals surface area contributed by atoms with E-state index in [4.69, 9.17) is 9.40 Å². The van der Waals surface area contributed by atoms with Crippen molar-refractivity contribution in [1.29, 1.82) is 0 Å². The van der Waals surface area contributed by atoms with Crippen LogP contribution in [0.4, 0.5) is 0 Å². The van der Waals surface area contributed by atoms with E-state index in [0.29, 0.717) is 0 Å². The molecular weight excluding hydrogens is 695 g/mol. The van der Waals surface area contributed by atoms with E-state index in [2.05, 4.69) is 191 Å². The highest BCUT2D eigenvalue weighted by Crippen LogP contribution is 2.50. The van der Waals surface area contributed by atoms with Gasteiger partial charge in [-0.2, -0.15) is 0 Å². The maximum Gasteiger partial charge on any atom is 0.143 e. The van der Waals surface area contributed by atoms with E-state index >= 15 is 0 Å². The van der Waals surface area contributed by atoms with Gasteiger partial charge in [-0.25, -0.2) is 0 Å². The number of pyridine rings is 1. The maximum atomic E-state index is 6.78. The van der Waals surface area contributed by atoms with Crippen LogP contribution in [-0.2, 0) is 0 Å². The maximum absolute atomic E-state index is 6.78. The zero-order valence-electron chi connectivity index (χ0n) is 30.8. The van der Waals surface area contributed by atoms with Crippen molar-refractivity contribution in [3.8, 4) is 44.9 Å². The van der Waals surface area contributed by atoms with E-state index in [1.54, 1.807) is 0 Å². The summed E-state index contributed by atoms with van der Waals surface area (Å²) in [5, 5.41) is 6.97. The van der Waals surface area contributed by atoms with Crippen molar-refractivity contribution in [2.45, 2.75) is 0 Å². The van der Waals surface area contributed by atoms with Crippen LogP contribution >= 0.6 is 0 Å². The molecule has 0 unspecified atom stereocenters. The van der Waals surface area contributed by atoms with E-state index in [1.165, 1.54) is 27.1 Å². The Hall–Kier alpha value is -7.69. The van der Waals surface area contributed by atoms with Crippen LogP contribution in [0.1, 0.15) is 0 Å². The molecule has 8 aromatic carbocycles. The van der Waals surface area contributed by atoms with Gasteiger partial charge >= 0.3 is 0 Å². The molecule has 4 nitrogen and oxygen atoms in total. The number of para-hydroxylation sites is 6. The third-order valence-corrected chi connectivity index (χ3v) is 11.6. The van der Waals surface area contributed by atoms with Crippen LogP contribution in [0, 0.1) is 0 Å². The summed E-state index contributed by atoms with van der Waals surface area (Å²) >= 11 is 0. The molecule has 0 bridgehead atoms. The molecule has 0 fully saturated rings. The molecule has 0 aliphatic rings. The summed E-state index contributed by atoms with van der Waals surface area (Å²) in [7, 11) is 0. The number of aromatic nitrogens is 3. The molecule has 57 heavy (non-hydrogen) atoms. The topological polar surface area (TPSA) is 35.9 Å². The Kier molecular flexibility index (Phi) is 6.89. The highest BCUT2D eigenvalue weighted by atomic mass is 16.3. The number of fused-ring (bicyclic) bond motifs is 9. The molecular formula is C53H33N3O. The van der Waals surface area contributed by atoms with Crippen molar-refractivity contribution in [1.82, 2.24) is 14.1 Å². The number of benzene rings is 8. The van der Waals surface area contributed by atoms with Gasteiger partial charge in [0.05, 0.1) is 27.8 Å². The number of furan rings is 1. The minimum atomic E-state index is 0.866. The summed E-state index contributed by atoms with van der Waals surface area (Å²) in [5.41, 5.74) is 14.9. The predicted octanol–water partition coefficient (Wildman–Crippen LogP) is 14.2. The molecule has 4 aromatic heterocycles. The van der Waals surface area contributed by atoms with Gasteiger partial charge in [0, 0.05) is 66.6 Å². The molecule has 0 aliphatic heterocycles. The molecule has 4 heterocycles. The lowest BCUT2D eigenvalue weighted by Gasteiger charge is -2.19. The fourth-order valence-corrected chi connectivity index (χ4v) is 9.20. The van der Waals surface area contributed by atoms with Gasteiger partial charge in [0.15, 0.2) is 0 Å². The molecule has 266 valence electrons. The Labute approximate surface area is 328 Å². The van der Waals surface area contributed by atoms with Gasteiger partial charge in [0.25, 0.3) is 0 Å². The molecule has 0 atom stereocenters. The number of hydrogen-bond donors (Lipinski definition) is 0. The molecule has 12 aromatic rings. The largest absolute Gasteiger partial charge is 0.455 e. The van der Waals surface area contributed by atoms with Crippen molar-refractivity contribution >= 4 is 65.6 Å². The molecule has 4 heteroatoms. The lowest BCUT2D eigenvalue weighted by Crippen LogP contribution is -1.97. The third kappa shape index (κ3) is 4.71. The van der Waals surface area contributed by atoms with E-state index in [-0.39, 0.29) is 0 Å². The van der Waals surface area contributed by atoms with Gasteiger partial charge in [-0.15, -0.1) is 0 Å². The normalized spacial score (nSPS) is 11.9. The molecule has 12 rings (SSSR count). The van der Waals surface area contributed by atoms with Crippen molar-refractivity contribution in [2.24, 2.45) is 0 Å². The highest BCUT2D eigenvalue weighted by molar-refractivity contribution is 6.23. The number of nitrogens with zero attached hydrogens (tertiary/aromatic N) is 3. The zero-order valence-corrected chi connectivity index (χ0v) is 30.8. The summed E-state index contributed by atoms with van der Waals surface area (Å²) in [6, 6.07) is 69.4. The Morgan fingerprint density at radius 3 is 1.75 bits per heavy atom. The molecule has 0 spiro atoms. The molecule has 0 saturated carbocycles. The van der Waals surface area contributed by atoms with Crippen LogP contribution in [0.2, 0.25) is 0 Å². The fourth-order valence-electron chi connectivity index (χ4n) is 9.20. The Bertz CT molecular complexity index is 3500. The lowest BCUT2D eigenvalue weighted by molar-refractivity contribution is 0.670. The minimum Gasteiger partial charge on any atom is -0.455 e. The monoisotopic (exact) mass is 727 g/mol. The summed E-state index contributed by atoms with van der Waals surface area (Å²) in [6.07, 6.45) is 1.90. The van der Waals surface area contributed by atoms with Crippen molar-refractivity contribution in [3.05, 3.63) is 200 Å². The predicted molar refractivity (Wildman–Crippen MR) is 237 cm³/mol. The quantitative estimate of drug-likeness (QED) is 0.177. The summed E-state index contributed by atoms with van der Waals surface area (Å²) in [6.45, 7) is 0. The summed E-state index contributed by atoms with van der Waals surface area (Å²) < 4.78 is 11.6. The van der Waals surface area contributed by atoms with Crippen LogP contribution in [0.5, 0.6) is 0 Å². The van der Waals surface area contributed by atoms with Crippen molar-refractivity contribution in [2.75, 3.05) is 0 Å². The minimum absolute atomic E-state index is 0.866. The second kappa shape index (κ2) is 12.4.